The third kappa shape index (κ3) is 6.73. The molecule has 3 rings (SSSR count). The zero-order valence-corrected chi connectivity index (χ0v) is 19.6. The van der Waals surface area contributed by atoms with Crippen molar-refractivity contribution in [1.29, 1.82) is 0 Å². The van der Waals surface area contributed by atoms with E-state index in [1.165, 1.54) is 0 Å². The summed E-state index contributed by atoms with van der Waals surface area (Å²) in [5.74, 6) is 2.42. The molecule has 1 amide bonds. The van der Waals surface area contributed by atoms with Crippen molar-refractivity contribution < 1.29 is 9.21 Å². The molecule has 1 aliphatic rings. The number of carbonyl (C=O) groups excluding carboxylic acids is 1. The molecule has 1 fully saturated rings. The van der Waals surface area contributed by atoms with E-state index in [4.69, 9.17) is 4.42 Å². The second-order valence-corrected chi connectivity index (χ2v) is 7.20. The van der Waals surface area contributed by atoms with Crippen molar-refractivity contribution in [2.75, 3.05) is 12.4 Å². The van der Waals surface area contributed by atoms with Gasteiger partial charge < -0.3 is 20.4 Å². The van der Waals surface area contributed by atoms with Crippen LogP contribution >= 0.6 is 24.0 Å². The fraction of sp³-hybridized carbons (Fsp3) is 0.476. The van der Waals surface area contributed by atoms with E-state index < -0.39 is 0 Å². The zero-order valence-electron chi connectivity index (χ0n) is 17.2. The number of anilines is 1. The molecule has 0 radical (unpaired) electrons. The normalized spacial score (nSPS) is 14.4. The number of aromatic nitrogens is 1. The Morgan fingerprint density at radius 1 is 1.21 bits per heavy atom. The summed E-state index contributed by atoms with van der Waals surface area (Å²) >= 11 is 0. The van der Waals surface area contributed by atoms with Crippen molar-refractivity contribution in [2.45, 2.75) is 52.6 Å². The van der Waals surface area contributed by atoms with Crippen molar-refractivity contribution >= 4 is 41.5 Å². The molecular weight excluding hydrogens is 481 g/mol. The molecular formula is C21H30IN5O2. The minimum absolute atomic E-state index is 0. The molecule has 0 atom stereocenters. The molecule has 0 spiro atoms. The molecule has 8 heteroatoms. The molecule has 0 bridgehead atoms. The molecule has 2 aromatic rings. The standard InChI is InChI=1S/C21H29N5O2.HI/c1-14-15(2)28-19(25-14)13-24-21(22-3)23-12-16-7-6-10-18(11-16)26-20(27)17-8-4-5-9-17;/h6-7,10-11,17H,4-5,8-9,12-13H2,1-3H3,(H,26,27)(H2,22,23,24);1H. The molecule has 0 unspecified atom stereocenters. The van der Waals surface area contributed by atoms with Gasteiger partial charge in [0.15, 0.2) is 5.96 Å². The maximum atomic E-state index is 12.3. The lowest BCUT2D eigenvalue weighted by Gasteiger charge is -2.13. The number of benzene rings is 1. The van der Waals surface area contributed by atoms with Crippen LogP contribution in [0.5, 0.6) is 0 Å². The average molecular weight is 511 g/mol. The summed E-state index contributed by atoms with van der Waals surface area (Å²) < 4.78 is 5.57. The Kier molecular flexibility index (Phi) is 8.94. The van der Waals surface area contributed by atoms with Gasteiger partial charge in [-0.1, -0.05) is 25.0 Å². The fourth-order valence-electron chi connectivity index (χ4n) is 3.37. The Balaban J connectivity index is 0.00000300. The van der Waals surface area contributed by atoms with Crippen molar-refractivity contribution in [3.05, 3.63) is 47.2 Å². The third-order valence-electron chi connectivity index (χ3n) is 5.08. The largest absolute Gasteiger partial charge is 0.444 e. The summed E-state index contributed by atoms with van der Waals surface area (Å²) in [5.41, 5.74) is 2.80. The van der Waals surface area contributed by atoms with Crippen LogP contribution in [-0.2, 0) is 17.9 Å². The number of aryl methyl sites for hydroxylation is 2. The number of nitrogens with one attached hydrogen (secondary N) is 3. The van der Waals surface area contributed by atoms with E-state index in [-0.39, 0.29) is 35.8 Å². The number of oxazole rings is 1. The van der Waals surface area contributed by atoms with Crippen LogP contribution < -0.4 is 16.0 Å². The van der Waals surface area contributed by atoms with Gasteiger partial charge >= 0.3 is 0 Å². The first-order valence-corrected chi connectivity index (χ1v) is 9.82. The summed E-state index contributed by atoms with van der Waals surface area (Å²) in [6, 6.07) is 7.90. The number of rotatable bonds is 6. The molecule has 29 heavy (non-hydrogen) atoms. The summed E-state index contributed by atoms with van der Waals surface area (Å²) in [7, 11) is 1.72. The molecule has 7 nitrogen and oxygen atoms in total. The SMILES string of the molecule is CN=C(NCc1cccc(NC(=O)C2CCCC2)c1)NCc1nc(C)c(C)o1.I. The first-order valence-electron chi connectivity index (χ1n) is 9.82. The second-order valence-electron chi connectivity index (χ2n) is 7.20. The van der Waals surface area contributed by atoms with Crippen LogP contribution in [0.1, 0.15) is 48.6 Å². The van der Waals surface area contributed by atoms with Crippen LogP contribution in [-0.4, -0.2) is 23.9 Å². The van der Waals surface area contributed by atoms with E-state index in [1.54, 1.807) is 7.05 Å². The molecule has 1 aromatic heterocycles. The van der Waals surface area contributed by atoms with E-state index in [9.17, 15) is 4.79 Å². The minimum Gasteiger partial charge on any atom is -0.444 e. The van der Waals surface area contributed by atoms with Crippen LogP contribution in [0.15, 0.2) is 33.7 Å². The monoisotopic (exact) mass is 511 g/mol. The van der Waals surface area contributed by atoms with Crippen molar-refractivity contribution in [3.63, 3.8) is 0 Å². The first-order chi connectivity index (χ1) is 13.5. The lowest BCUT2D eigenvalue weighted by Crippen LogP contribution is -2.36. The number of nitrogens with zero attached hydrogens (tertiary/aromatic N) is 2. The summed E-state index contributed by atoms with van der Waals surface area (Å²) in [6.45, 7) is 4.88. The molecule has 3 N–H and O–H groups in total. The molecule has 1 aliphatic carbocycles. The first kappa shape index (κ1) is 23.2. The van der Waals surface area contributed by atoms with Crippen LogP contribution in [0, 0.1) is 19.8 Å². The van der Waals surface area contributed by atoms with Crippen LogP contribution in [0.3, 0.4) is 0 Å². The highest BCUT2D eigenvalue weighted by Gasteiger charge is 2.22. The van der Waals surface area contributed by atoms with Crippen molar-refractivity contribution in [2.24, 2.45) is 10.9 Å². The van der Waals surface area contributed by atoms with Crippen LogP contribution in [0.25, 0.3) is 0 Å². The Morgan fingerprint density at radius 2 is 1.93 bits per heavy atom. The van der Waals surface area contributed by atoms with Gasteiger partial charge in [0.05, 0.1) is 12.2 Å². The van der Waals surface area contributed by atoms with E-state index in [0.717, 1.165) is 48.4 Å². The maximum absolute atomic E-state index is 12.3. The number of amides is 1. The highest BCUT2D eigenvalue weighted by atomic mass is 127. The number of guanidine groups is 1. The quantitative estimate of drug-likeness (QED) is 0.311. The Bertz CT molecular complexity index is 824. The predicted octanol–water partition coefficient (Wildman–Crippen LogP) is 3.90. The number of halogens is 1. The lowest BCUT2D eigenvalue weighted by atomic mass is 10.1. The molecule has 0 saturated heterocycles. The topological polar surface area (TPSA) is 91.5 Å². The molecule has 1 aromatic carbocycles. The van der Waals surface area contributed by atoms with Gasteiger partial charge in [0.2, 0.25) is 11.8 Å². The lowest BCUT2D eigenvalue weighted by molar-refractivity contribution is -0.119. The van der Waals surface area contributed by atoms with Crippen LogP contribution in [0.2, 0.25) is 0 Å². The molecule has 1 heterocycles. The summed E-state index contributed by atoms with van der Waals surface area (Å²) in [6.07, 6.45) is 4.30. The maximum Gasteiger partial charge on any atom is 0.227 e. The van der Waals surface area contributed by atoms with E-state index >= 15 is 0 Å². The number of aliphatic imine (C=N–C) groups is 1. The Hall–Kier alpha value is -2.10. The van der Waals surface area contributed by atoms with Gasteiger partial charge in [0, 0.05) is 25.2 Å². The van der Waals surface area contributed by atoms with E-state index in [2.05, 4.69) is 25.9 Å². The van der Waals surface area contributed by atoms with Crippen molar-refractivity contribution in [1.82, 2.24) is 15.6 Å². The number of hydrogen-bond donors (Lipinski definition) is 3. The Labute approximate surface area is 189 Å². The third-order valence-corrected chi connectivity index (χ3v) is 5.08. The summed E-state index contributed by atoms with van der Waals surface area (Å²) in [4.78, 5) is 20.9. The van der Waals surface area contributed by atoms with Gasteiger partial charge in [-0.2, -0.15) is 0 Å². The van der Waals surface area contributed by atoms with Crippen molar-refractivity contribution in [3.8, 4) is 0 Å². The summed E-state index contributed by atoms with van der Waals surface area (Å²) in [5, 5.41) is 9.51. The van der Waals surface area contributed by atoms with Crippen LogP contribution in [0.4, 0.5) is 5.69 Å². The molecule has 158 valence electrons. The van der Waals surface area contributed by atoms with Gasteiger partial charge in [0.1, 0.15) is 5.76 Å². The smallest absolute Gasteiger partial charge is 0.227 e. The molecule has 0 aliphatic heterocycles. The minimum atomic E-state index is 0. The Morgan fingerprint density at radius 3 is 2.59 bits per heavy atom. The highest BCUT2D eigenvalue weighted by Crippen LogP contribution is 2.26. The van der Waals surface area contributed by atoms with Gasteiger partial charge in [-0.25, -0.2) is 4.98 Å². The van der Waals surface area contributed by atoms with Gasteiger partial charge in [-0.05, 0) is 44.4 Å². The van der Waals surface area contributed by atoms with Gasteiger partial charge in [-0.3, -0.25) is 9.79 Å². The van der Waals surface area contributed by atoms with Gasteiger partial charge in [-0.15, -0.1) is 24.0 Å². The van der Waals surface area contributed by atoms with E-state index in [0.29, 0.717) is 24.9 Å². The average Bonchev–Trinajstić information content (AvgIpc) is 3.33. The van der Waals surface area contributed by atoms with E-state index in [1.807, 2.05) is 38.1 Å². The number of hydrogen-bond acceptors (Lipinski definition) is 4. The highest BCUT2D eigenvalue weighted by molar-refractivity contribution is 14.0. The zero-order chi connectivity index (χ0) is 19.9. The molecule has 1 saturated carbocycles. The fourth-order valence-corrected chi connectivity index (χ4v) is 3.37. The second kappa shape index (κ2) is 11.2. The number of carbonyl (C=O) groups is 1. The predicted molar refractivity (Wildman–Crippen MR) is 125 cm³/mol. The van der Waals surface area contributed by atoms with Gasteiger partial charge in [0.25, 0.3) is 0 Å².